The minimum atomic E-state index is -0.868. The summed E-state index contributed by atoms with van der Waals surface area (Å²) >= 11 is 0. The van der Waals surface area contributed by atoms with Crippen LogP contribution in [0.25, 0.3) is 11.4 Å². The monoisotopic (exact) mass is 886 g/mol. The maximum absolute atomic E-state index is 14.1. The molecule has 1 aliphatic heterocycles. The Bertz CT molecular complexity index is 2100. The molecule has 0 unspecified atom stereocenters. The number of hydrogen-bond donors (Lipinski definition) is 4. The summed E-state index contributed by atoms with van der Waals surface area (Å²) in [7, 11) is 0. The number of nitrogens with one attached hydrogen (secondary N) is 4. The summed E-state index contributed by atoms with van der Waals surface area (Å²) in [6, 6.07) is 26.1. The van der Waals surface area contributed by atoms with E-state index in [1.807, 2.05) is 36.4 Å². The van der Waals surface area contributed by atoms with E-state index in [4.69, 9.17) is 4.52 Å². The van der Waals surface area contributed by atoms with Gasteiger partial charge in [0, 0.05) is 61.1 Å². The first-order valence-corrected chi connectivity index (χ1v) is 24.2. The minimum absolute atomic E-state index is 0.00992. The molecular formula is C52H67N7O6. The van der Waals surface area contributed by atoms with E-state index in [-0.39, 0.29) is 84.7 Å². The summed E-state index contributed by atoms with van der Waals surface area (Å²) in [5.74, 6) is -1.60. The largest absolute Gasteiger partial charge is 0.354 e. The van der Waals surface area contributed by atoms with Gasteiger partial charge in [-0.3, -0.25) is 24.0 Å². The van der Waals surface area contributed by atoms with E-state index in [0.717, 1.165) is 57.8 Å². The van der Waals surface area contributed by atoms with E-state index in [1.54, 1.807) is 29.2 Å². The van der Waals surface area contributed by atoms with Gasteiger partial charge in [0.1, 0.15) is 6.04 Å². The van der Waals surface area contributed by atoms with E-state index < -0.39 is 17.9 Å². The van der Waals surface area contributed by atoms with Crippen LogP contribution in [0.15, 0.2) is 89.5 Å². The summed E-state index contributed by atoms with van der Waals surface area (Å²) in [6.45, 7) is 5.10. The highest BCUT2D eigenvalue weighted by molar-refractivity contribution is 5.97. The van der Waals surface area contributed by atoms with Crippen molar-refractivity contribution in [3.05, 3.63) is 108 Å². The molecule has 1 aromatic heterocycles. The molecule has 13 heteroatoms. The van der Waals surface area contributed by atoms with Crippen molar-refractivity contribution in [2.45, 2.75) is 140 Å². The number of aromatic nitrogens is 2. The average Bonchev–Trinajstić information content (AvgIpc) is 4.16. The van der Waals surface area contributed by atoms with Gasteiger partial charge in [-0.25, -0.2) is 0 Å². The highest BCUT2D eigenvalue weighted by Gasteiger charge is 2.49. The Morgan fingerprint density at radius 2 is 1.22 bits per heavy atom. The molecule has 7 atom stereocenters. The number of hydrogen-bond acceptors (Lipinski definition) is 8. The molecule has 0 radical (unpaired) electrons. The Hall–Kier alpha value is -5.85. The zero-order valence-corrected chi connectivity index (χ0v) is 38.1. The first kappa shape index (κ1) is 47.1. The third kappa shape index (κ3) is 13.4. The van der Waals surface area contributed by atoms with Crippen LogP contribution in [0.4, 0.5) is 0 Å². The number of rotatable bonds is 25. The van der Waals surface area contributed by atoms with Gasteiger partial charge in [-0.2, -0.15) is 4.98 Å². The molecule has 2 saturated carbocycles. The molecule has 2 aliphatic carbocycles. The Morgan fingerprint density at radius 1 is 0.677 bits per heavy atom. The van der Waals surface area contributed by atoms with E-state index in [1.165, 1.54) is 36.8 Å². The summed E-state index contributed by atoms with van der Waals surface area (Å²) in [6.07, 6.45) is 13.8. The Morgan fingerprint density at radius 3 is 1.78 bits per heavy atom. The lowest BCUT2D eigenvalue weighted by atomic mass is 9.94. The molecule has 0 bridgehead atoms. The average molecular weight is 886 g/mol. The van der Waals surface area contributed by atoms with E-state index in [9.17, 15) is 24.0 Å². The van der Waals surface area contributed by atoms with Crippen LogP contribution >= 0.6 is 0 Å². The Kier molecular flexibility index (Phi) is 16.9. The first-order chi connectivity index (χ1) is 31.7. The molecule has 5 amide bonds. The van der Waals surface area contributed by atoms with Gasteiger partial charge in [0.15, 0.2) is 0 Å². The third-order valence-corrected chi connectivity index (χ3v) is 13.2. The number of carbonyl (C=O) groups is 5. The van der Waals surface area contributed by atoms with Crippen molar-refractivity contribution in [3.8, 4) is 11.4 Å². The number of nitrogens with zero attached hydrogens (tertiary/aromatic N) is 3. The second-order valence-corrected chi connectivity index (χ2v) is 18.3. The summed E-state index contributed by atoms with van der Waals surface area (Å²) < 4.78 is 5.60. The van der Waals surface area contributed by atoms with Gasteiger partial charge in [0.05, 0.1) is 18.3 Å². The highest BCUT2D eigenvalue weighted by Crippen LogP contribution is 2.42. The van der Waals surface area contributed by atoms with Crippen LogP contribution in [0, 0.1) is 11.8 Å². The van der Waals surface area contributed by atoms with Crippen molar-refractivity contribution in [3.63, 3.8) is 0 Å². The number of carbonyl (C=O) groups excluding carboxylic acids is 5. The number of amides is 5. The Labute approximate surface area is 383 Å². The van der Waals surface area contributed by atoms with Crippen LogP contribution in [0.3, 0.4) is 0 Å². The predicted octanol–water partition coefficient (Wildman–Crippen LogP) is 7.63. The molecule has 7 rings (SSSR count). The Balaban J connectivity index is 0.968. The summed E-state index contributed by atoms with van der Waals surface area (Å²) in [5.41, 5.74) is 3.35. The quantitative estimate of drug-likeness (QED) is 0.0492. The molecule has 3 fully saturated rings. The van der Waals surface area contributed by atoms with Crippen molar-refractivity contribution in [1.82, 2.24) is 36.3 Å². The second-order valence-electron chi connectivity index (χ2n) is 18.3. The number of likely N-dealkylation sites (tertiary alicyclic amines) is 1. The van der Waals surface area contributed by atoms with Crippen LogP contribution in [0.2, 0.25) is 0 Å². The summed E-state index contributed by atoms with van der Waals surface area (Å²) in [4.78, 5) is 74.4. The van der Waals surface area contributed by atoms with Crippen LogP contribution in [-0.2, 0) is 25.6 Å². The predicted molar refractivity (Wildman–Crippen MR) is 249 cm³/mol. The van der Waals surface area contributed by atoms with Crippen molar-refractivity contribution < 1.29 is 28.5 Å². The third-order valence-electron chi connectivity index (χ3n) is 13.2. The van der Waals surface area contributed by atoms with Gasteiger partial charge in [0.2, 0.25) is 35.3 Å². The number of benzene rings is 3. The molecule has 0 spiro atoms. The van der Waals surface area contributed by atoms with Crippen LogP contribution in [-0.4, -0.2) is 82.3 Å². The normalized spacial score (nSPS) is 21.3. The lowest BCUT2D eigenvalue weighted by Crippen LogP contribution is -2.48. The molecule has 3 aromatic carbocycles. The molecular weight excluding hydrogens is 819 g/mol. The molecule has 65 heavy (non-hydrogen) atoms. The lowest BCUT2D eigenvalue weighted by molar-refractivity contribution is -0.133. The molecule has 2 heterocycles. The standard InChI is InChI=1S/C52H67N7O6/c1-3-5-7-9-10-11-18-24-46(60)54-45(51(63)53-29-19-8-6-4-2)32-47-57-48(58-65-47)37-25-27-38(28-26-37)52(64)59-33-41(49(61)55-43-30-39(43)35-20-14-12-15-21-35)42(34-59)50(62)56-44-31-40(44)36-22-16-13-17-23-36/h12-17,20-23,25-28,39-45H,3-11,18-19,24,29-34H2,1-2H3,(H,53,63)(H,54,60)(H,55,61)(H,56,62)/t39-,40-,41-,42-,43+,44+,45+/m1/s1. The maximum Gasteiger partial charge on any atom is 0.253 e. The van der Waals surface area contributed by atoms with Gasteiger partial charge in [-0.1, -0.05) is 150 Å². The van der Waals surface area contributed by atoms with Crippen LogP contribution < -0.4 is 21.3 Å². The van der Waals surface area contributed by atoms with Crippen molar-refractivity contribution >= 4 is 29.5 Å². The molecule has 4 N–H and O–H groups in total. The van der Waals surface area contributed by atoms with Gasteiger partial charge >= 0.3 is 0 Å². The van der Waals surface area contributed by atoms with Crippen molar-refractivity contribution in [2.75, 3.05) is 19.6 Å². The SMILES string of the molecule is CCCCCCCCCC(=O)N[C@@H](Cc1nc(-c2ccc(C(=O)N3C[C@@H](C(=O)N[C@H]4C[C@@H]4c4ccccc4)[C@H](C(=O)N[C@H]4C[C@@H]4c4ccccc4)C3)cc2)no1)C(=O)NCCCCCC. The van der Waals surface area contributed by atoms with Crippen LogP contribution in [0.1, 0.15) is 143 Å². The maximum atomic E-state index is 14.1. The minimum Gasteiger partial charge on any atom is -0.354 e. The molecule has 346 valence electrons. The first-order valence-electron chi connectivity index (χ1n) is 24.2. The smallest absolute Gasteiger partial charge is 0.253 e. The summed E-state index contributed by atoms with van der Waals surface area (Å²) in [5, 5.41) is 16.4. The zero-order chi connectivity index (χ0) is 45.5. The molecule has 3 aliphatic rings. The van der Waals surface area contributed by atoms with Crippen LogP contribution in [0.5, 0.6) is 0 Å². The fourth-order valence-electron chi connectivity index (χ4n) is 9.11. The molecule has 1 saturated heterocycles. The zero-order valence-electron chi connectivity index (χ0n) is 38.1. The van der Waals surface area contributed by atoms with E-state index in [2.05, 4.69) is 69.5 Å². The molecule has 4 aromatic rings. The van der Waals surface area contributed by atoms with Crippen molar-refractivity contribution in [1.29, 1.82) is 0 Å². The second kappa shape index (κ2) is 23.4. The van der Waals surface area contributed by atoms with Gasteiger partial charge in [0.25, 0.3) is 5.91 Å². The fourth-order valence-corrected chi connectivity index (χ4v) is 9.11. The topological polar surface area (TPSA) is 176 Å². The molecule has 13 nitrogen and oxygen atoms in total. The van der Waals surface area contributed by atoms with E-state index >= 15 is 0 Å². The van der Waals surface area contributed by atoms with Gasteiger partial charge in [-0.15, -0.1) is 0 Å². The van der Waals surface area contributed by atoms with Crippen molar-refractivity contribution in [2.24, 2.45) is 11.8 Å². The van der Waals surface area contributed by atoms with E-state index in [0.29, 0.717) is 24.1 Å². The number of unbranched alkanes of at least 4 members (excludes halogenated alkanes) is 9. The van der Waals surface area contributed by atoms with Gasteiger partial charge in [-0.05, 0) is 48.9 Å². The fraction of sp³-hybridized carbons (Fsp3) is 0.519. The van der Waals surface area contributed by atoms with Gasteiger partial charge < -0.3 is 30.7 Å². The lowest BCUT2D eigenvalue weighted by Gasteiger charge is -2.18. The highest BCUT2D eigenvalue weighted by atomic mass is 16.5.